The van der Waals surface area contributed by atoms with Gasteiger partial charge in [0.25, 0.3) is 0 Å². The van der Waals surface area contributed by atoms with Crippen LogP contribution in [0.1, 0.15) is 53.2 Å². The number of carboxylic acids is 1. The molecule has 0 aliphatic carbocycles. The summed E-state index contributed by atoms with van der Waals surface area (Å²) in [5.41, 5.74) is 6.20. The summed E-state index contributed by atoms with van der Waals surface area (Å²) >= 11 is 0. The summed E-state index contributed by atoms with van der Waals surface area (Å²) in [5.74, 6) is -3.35. The van der Waals surface area contributed by atoms with E-state index in [1.165, 1.54) is 19.4 Å². The van der Waals surface area contributed by atoms with Crippen molar-refractivity contribution in [3.8, 4) is 0 Å². The fourth-order valence-corrected chi connectivity index (χ4v) is 3.01. The van der Waals surface area contributed by atoms with Crippen LogP contribution in [0.4, 0.5) is 0 Å². The number of carboxylic acid groups (broad SMARTS) is 1. The summed E-state index contributed by atoms with van der Waals surface area (Å²) < 4.78 is 0. The lowest BCUT2D eigenvalue weighted by molar-refractivity contribution is -0.143. The lowest BCUT2D eigenvalue weighted by atomic mass is 9.96. The van der Waals surface area contributed by atoms with Crippen molar-refractivity contribution in [2.24, 2.45) is 17.6 Å². The van der Waals surface area contributed by atoms with Gasteiger partial charge in [-0.3, -0.25) is 14.4 Å². The molecule has 11 heteroatoms. The Morgan fingerprint density at radius 2 is 1.53 bits per heavy atom. The molecule has 3 amide bonds. The van der Waals surface area contributed by atoms with Crippen molar-refractivity contribution < 1.29 is 24.3 Å². The van der Waals surface area contributed by atoms with Crippen LogP contribution in [0.5, 0.6) is 0 Å². The molecule has 0 saturated carbocycles. The molecule has 0 spiro atoms. The first-order valence-corrected chi connectivity index (χ1v) is 10.9. The summed E-state index contributed by atoms with van der Waals surface area (Å²) in [5, 5.41) is 17.3. The van der Waals surface area contributed by atoms with E-state index in [1.807, 2.05) is 13.8 Å². The van der Waals surface area contributed by atoms with Gasteiger partial charge in [-0.15, -0.1) is 0 Å². The third-order valence-corrected chi connectivity index (χ3v) is 5.60. The summed E-state index contributed by atoms with van der Waals surface area (Å²) in [6.07, 6.45) is 4.17. The van der Waals surface area contributed by atoms with Gasteiger partial charge in [-0.05, 0) is 18.8 Å². The molecule has 180 valence electrons. The molecule has 0 radical (unpaired) electrons. The largest absolute Gasteiger partial charge is 0.480 e. The number of H-pyrrole nitrogens is 1. The highest BCUT2D eigenvalue weighted by molar-refractivity contribution is 5.94. The Morgan fingerprint density at radius 1 is 0.969 bits per heavy atom. The first-order valence-electron chi connectivity index (χ1n) is 10.9. The van der Waals surface area contributed by atoms with Gasteiger partial charge in [0.2, 0.25) is 17.7 Å². The number of hydrogen-bond donors (Lipinski definition) is 6. The number of rotatable bonds is 13. The standard InChI is InChI=1S/C21H36N6O5/c1-6-11(3)16(26-18(28)13(5)22)20(30)25-15(8-14-9-23-10-24-14)19(29)27-17(21(31)32)12(4)7-2/h9-13,15-17H,6-8,22H2,1-5H3,(H,23,24)(H,25,30)(H,26,28)(H,27,29)(H,31,32). The van der Waals surface area contributed by atoms with Gasteiger partial charge in [0.15, 0.2) is 0 Å². The molecule has 1 aromatic heterocycles. The van der Waals surface area contributed by atoms with E-state index in [9.17, 15) is 24.3 Å². The van der Waals surface area contributed by atoms with Crippen LogP contribution in [0.3, 0.4) is 0 Å². The van der Waals surface area contributed by atoms with Crippen LogP contribution in [0, 0.1) is 11.8 Å². The number of amides is 3. The maximum Gasteiger partial charge on any atom is 0.326 e. The number of hydrogen-bond acceptors (Lipinski definition) is 6. The van der Waals surface area contributed by atoms with Crippen molar-refractivity contribution in [2.75, 3.05) is 0 Å². The second-order valence-corrected chi connectivity index (χ2v) is 8.21. The van der Waals surface area contributed by atoms with E-state index in [0.29, 0.717) is 18.5 Å². The molecule has 1 heterocycles. The normalized spacial score (nSPS) is 16.7. The molecule has 11 nitrogen and oxygen atoms in total. The summed E-state index contributed by atoms with van der Waals surface area (Å²) in [6, 6.07) is -3.88. The van der Waals surface area contributed by atoms with E-state index in [4.69, 9.17) is 5.73 Å². The Kier molecular flexibility index (Phi) is 10.8. The second-order valence-electron chi connectivity index (χ2n) is 8.21. The van der Waals surface area contributed by atoms with E-state index in [0.717, 1.165) is 0 Å². The highest BCUT2D eigenvalue weighted by atomic mass is 16.4. The average molecular weight is 453 g/mol. The van der Waals surface area contributed by atoms with Gasteiger partial charge < -0.3 is 31.8 Å². The van der Waals surface area contributed by atoms with Crippen LogP contribution in [-0.4, -0.2) is 62.9 Å². The summed E-state index contributed by atoms with van der Waals surface area (Å²) in [4.78, 5) is 56.6. The van der Waals surface area contributed by atoms with Crippen molar-refractivity contribution in [3.63, 3.8) is 0 Å². The average Bonchev–Trinajstić information content (AvgIpc) is 3.26. The van der Waals surface area contributed by atoms with E-state index >= 15 is 0 Å². The number of imidazole rings is 1. The number of aromatic nitrogens is 2. The Morgan fingerprint density at radius 3 is 2.00 bits per heavy atom. The number of nitrogens with zero attached hydrogens (tertiary/aromatic N) is 1. The van der Waals surface area contributed by atoms with Gasteiger partial charge in [0, 0.05) is 18.3 Å². The monoisotopic (exact) mass is 452 g/mol. The maximum atomic E-state index is 13.1. The van der Waals surface area contributed by atoms with Crippen LogP contribution >= 0.6 is 0 Å². The Hall–Kier alpha value is -2.95. The van der Waals surface area contributed by atoms with Crippen molar-refractivity contribution >= 4 is 23.7 Å². The van der Waals surface area contributed by atoms with Gasteiger partial charge in [-0.25, -0.2) is 9.78 Å². The molecular formula is C21H36N6O5. The highest BCUT2D eigenvalue weighted by Crippen LogP contribution is 2.11. The fourth-order valence-electron chi connectivity index (χ4n) is 3.01. The Balaban J connectivity index is 3.10. The molecule has 0 aliphatic rings. The van der Waals surface area contributed by atoms with Crippen LogP contribution in [0.2, 0.25) is 0 Å². The number of aliphatic carboxylic acids is 1. The molecule has 0 aliphatic heterocycles. The third kappa shape index (κ3) is 7.95. The van der Waals surface area contributed by atoms with Gasteiger partial charge in [0.1, 0.15) is 18.1 Å². The van der Waals surface area contributed by atoms with Crippen molar-refractivity contribution in [1.82, 2.24) is 25.9 Å². The number of carbonyl (C=O) groups is 4. The van der Waals surface area contributed by atoms with Gasteiger partial charge >= 0.3 is 5.97 Å². The fraction of sp³-hybridized carbons (Fsp3) is 0.667. The number of nitrogens with one attached hydrogen (secondary N) is 4. The quantitative estimate of drug-likeness (QED) is 0.242. The molecule has 1 aromatic rings. The molecule has 0 aromatic carbocycles. The lowest BCUT2D eigenvalue weighted by Gasteiger charge is -2.28. The molecule has 0 saturated heterocycles. The van der Waals surface area contributed by atoms with E-state index in [1.54, 1.807) is 13.8 Å². The molecule has 6 unspecified atom stereocenters. The summed E-state index contributed by atoms with van der Waals surface area (Å²) in [6.45, 7) is 8.75. The smallest absolute Gasteiger partial charge is 0.326 e. The number of aromatic amines is 1. The molecule has 0 bridgehead atoms. The number of nitrogens with two attached hydrogens (primary N) is 1. The first kappa shape index (κ1) is 27.1. The van der Waals surface area contributed by atoms with Gasteiger partial charge in [-0.2, -0.15) is 0 Å². The van der Waals surface area contributed by atoms with Crippen molar-refractivity contribution in [3.05, 3.63) is 18.2 Å². The van der Waals surface area contributed by atoms with E-state index < -0.39 is 47.9 Å². The Labute approximate surface area is 188 Å². The minimum Gasteiger partial charge on any atom is -0.480 e. The van der Waals surface area contributed by atoms with Crippen molar-refractivity contribution in [1.29, 1.82) is 0 Å². The topological polar surface area (TPSA) is 179 Å². The minimum absolute atomic E-state index is 0.0683. The Bertz CT molecular complexity index is 767. The van der Waals surface area contributed by atoms with E-state index in [-0.39, 0.29) is 18.3 Å². The third-order valence-electron chi connectivity index (χ3n) is 5.60. The van der Waals surface area contributed by atoms with Crippen LogP contribution in [0.25, 0.3) is 0 Å². The second kappa shape index (κ2) is 12.8. The lowest BCUT2D eigenvalue weighted by Crippen LogP contribution is -2.59. The summed E-state index contributed by atoms with van der Waals surface area (Å²) in [7, 11) is 0. The van der Waals surface area contributed by atoms with Gasteiger partial charge in [0.05, 0.1) is 12.4 Å². The SMILES string of the molecule is CCC(C)C(NC(=O)C(Cc1cnc[nH]1)NC(=O)C(NC(=O)C(C)N)C(C)CC)C(=O)O. The zero-order valence-corrected chi connectivity index (χ0v) is 19.3. The molecular weight excluding hydrogens is 416 g/mol. The molecule has 7 N–H and O–H groups in total. The molecule has 1 rings (SSSR count). The van der Waals surface area contributed by atoms with Crippen molar-refractivity contribution in [2.45, 2.75) is 78.0 Å². The highest BCUT2D eigenvalue weighted by Gasteiger charge is 2.33. The predicted octanol–water partition coefficient (Wildman–Crippen LogP) is -0.0694. The van der Waals surface area contributed by atoms with E-state index in [2.05, 4.69) is 25.9 Å². The molecule has 32 heavy (non-hydrogen) atoms. The number of carbonyl (C=O) groups excluding carboxylic acids is 3. The van der Waals surface area contributed by atoms with Crippen LogP contribution in [-0.2, 0) is 25.6 Å². The van der Waals surface area contributed by atoms with Gasteiger partial charge in [-0.1, -0.05) is 40.5 Å². The zero-order valence-electron chi connectivity index (χ0n) is 19.3. The maximum absolute atomic E-state index is 13.1. The molecule has 0 fully saturated rings. The predicted molar refractivity (Wildman–Crippen MR) is 118 cm³/mol. The minimum atomic E-state index is -1.15. The zero-order chi connectivity index (χ0) is 24.4. The first-order chi connectivity index (χ1) is 15.0. The van der Waals surface area contributed by atoms with Crippen LogP contribution in [0.15, 0.2) is 12.5 Å². The molecule has 6 atom stereocenters. The van der Waals surface area contributed by atoms with Crippen LogP contribution < -0.4 is 21.7 Å².